The van der Waals surface area contributed by atoms with Gasteiger partial charge in [-0.3, -0.25) is 14.4 Å². The summed E-state index contributed by atoms with van der Waals surface area (Å²) in [5, 5.41) is 4.58. The molecule has 3 amide bonds. The Morgan fingerprint density at radius 3 is 2.33 bits per heavy atom. The van der Waals surface area contributed by atoms with Crippen molar-refractivity contribution in [1.29, 1.82) is 0 Å². The molecule has 0 heterocycles. The molecule has 0 saturated carbocycles. The zero-order valence-corrected chi connectivity index (χ0v) is 8.92. The van der Waals surface area contributed by atoms with Gasteiger partial charge < -0.3 is 22.1 Å². The van der Waals surface area contributed by atoms with Crippen LogP contribution in [0.2, 0.25) is 0 Å². The maximum absolute atomic E-state index is 11.3. The van der Waals surface area contributed by atoms with Gasteiger partial charge in [0.25, 0.3) is 0 Å². The summed E-state index contributed by atoms with van der Waals surface area (Å²) in [7, 11) is 0. The van der Waals surface area contributed by atoms with E-state index in [0.717, 1.165) is 0 Å². The van der Waals surface area contributed by atoms with E-state index in [9.17, 15) is 14.4 Å². The summed E-state index contributed by atoms with van der Waals surface area (Å²) in [5.41, 5.74) is 9.88. The van der Waals surface area contributed by atoms with E-state index in [0.29, 0.717) is 0 Å². The minimum absolute atomic E-state index is 0.107. The number of carbonyl (C=O) groups is 3. The van der Waals surface area contributed by atoms with E-state index in [1.54, 1.807) is 0 Å². The molecule has 15 heavy (non-hydrogen) atoms. The van der Waals surface area contributed by atoms with E-state index in [2.05, 4.69) is 23.3 Å². The Balaban J connectivity index is 4.10. The smallest absolute Gasteiger partial charge is 0.243 e. The fourth-order valence-corrected chi connectivity index (χ4v) is 1.00. The summed E-state index contributed by atoms with van der Waals surface area (Å²) < 4.78 is 0. The number of rotatable bonds is 6. The van der Waals surface area contributed by atoms with E-state index in [-0.39, 0.29) is 18.8 Å². The van der Waals surface area contributed by atoms with Crippen molar-refractivity contribution in [2.75, 3.05) is 18.8 Å². The average Bonchev–Trinajstić information content (AvgIpc) is 2.21. The molecule has 0 fully saturated rings. The van der Waals surface area contributed by atoms with Crippen molar-refractivity contribution < 1.29 is 14.4 Å². The maximum Gasteiger partial charge on any atom is 0.243 e. The van der Waals surface area contributed by atoms with Gasteiger partial charge in [-0.1, -0.05) is 0 Å². The second-order valence-corrected chi connectivity index (χ2v) is 3.06. The summed E-state index contributed by atoms with van der Waals surface area (Å²) >= 11 is 3.88. The number of nitrogens with two attached hydrogens (primary N) is 2. The molecule has 0 spiro atoms. The van der Waals surface area contributed by atoms with Crippen LogP contribution in [-0.2, 0) is 14.4 Å². The highest BCUT2D eigenvalue weighted by molar-refractivity contribution is 7.80. The van der Waals surface area contributed by atoms with Gasteiger partial charge in [0.05, 0.1) is 13.1 Å². The minimum atomic E-state index is -0.816. The average molecular weight is 234 g/mol. The molecule has 0 aliphatic heterocycles. The van der Waals surface area contributed by atoms with E-state index >= 15 is 0 Å². The Hall–Kier alpha value is -1.28. The molecule has 0 aliphatic carbocycles. The first-order chi connectivity index (χ1) is 7.01. The molecule has 0 aromatic heterocycles. The third-order valence-corrected chi connectivity index (χ3v) is 1.82. The summed E-state index contributed by atoms with van der Waals surface area (Å²) in [6, 6.07) is -0.816. The largest absolute Gasteiger partial charge is 0.368 e. The van der Waals surface area contributed by atoms with Crippen LogP contribution in [-0.4, -0.2) is 42.6 Å². The fraction of sp³-hybridized carbons (Fsp3) is 0.571. The number of thiol groups is 1. The maximum atomic E-state index is 11.3. The number of primary amides is 1. The van der Waals surface area contributed by atoms with Crippen LogP contribution in [0, 0.1) is 0 Å². The van der Waals surface area contributed by atoms with Gasteiger partial charge in [0.2, 0.25) is 17.7 Å². The molecular weight excluding hydrogens is 220 g/mol. The van der Waals surface area contributed by atoms with Gasteiger partial charge in [-0.05, 0) is 0 Å². The van der Waals surface area contributed by atoms with Crippen LogP contribution in [0.4, 0.5) is 0 Å². The molecule has 1 atom stereocenters. The lowest BCUT2D eigenvalue weighted by atomic mass is 10.3. The van der Waals surface area contributed by atoms with Crippen LogP contribution in [0.25, 0.3) is 0 Å². The number of nitrogens with one attached hydrogen (secondary N) is 2. The van der Waals surface area contributed by atoms with E-state index < -0.39 is 23.8 Å². The Labute approximate surface area is 92.3 Å². The molecule has 6 N–H and O–H groups in total. The summed E-state index contributed by atoms with van der Waals surface area (Å²) in [6.07, 6.45) is 0. The fourth-order valence-electron chi connectivity index (χ4n) is 0.745. The zero-order chi connectivity index (χ0) is 11.8. The normalized spacial score (nSPS) is 11.6. The van der Waals surface area contributed by atoms with Crippen LogP contribution >= 0.6 is 12.6 Å². The molecule has 0 unspecified atom stereocenters. The van der Waals surface area contributed by atoms with E-state index in [1.807, 2.05) is 0 Å². The zero-order valence-electron chi connectivity index (χ0n) is 8.03. The topological polar surface area (TPSA) is 127 Å². The van der Waals surface area contributed by atoms with Gasteiger partial charge in [-0.15, -0.1) is 0 Å². The van der Waals surface area contributed by atoms with Gasteiger partial charge in [0, 0.05) is 5.75 Å². The van der Waals surface area contributed by atoms with Crippen LogP contribution < -0.4 is 22.1 Å². The van der Waals surface area contributed by atoms with Crippen molar-refractivity contribution in [2.45, 2.75) is 6.04 Å². The van der Waals surface area contributed by atoms with Crippen molar-refractivity contribution >= 4 is 30.4 Å². The summed E-state index contributed by atoms with van der Waals surface area (Å²) in [6.45, 7) is -0.491. The molecule has 0 saturated heterocycles. The molecule has 7 nitrogen and oxygen atoms in total. The Morgan fingerprint density at radius 1 is 1.33 bits per heavy atom. The highest BCUT2D eigenvalue weighted by Crippen LogP contribution is 1.88. The summed E-state index contributed by atoms with van der Waals surface area (Å²) in [4.78, 5) is 32.6. The van der Waals surface area contributed by atoms with Gasteiger partial charge in [0.15, 0.2) is 0 Å². The predicted octanol–water partition coefficient (Wildman–Crippen LogP) is -3.04. The highest BCUT2D eigenvalue weighted by atomic mass is 32.1. The van der Waals surface area contributed by atoms with Crippen molar-refractivity contribution in [2.24, 2.45) is 11.5 Å². The van der Waals surface area contributed by atoms with Gasteiger partial charge in [0.1, 0.15) is 6.04 Å². The number of hydrogen-bond acceptors (Lipinski definition) is 5. The summed E-state index contributed by atoms with van der Waals surface area (Å²) in [5.74, 6) is -1.55. The van der Waals surface area contributed by atoms with Crippen molar-refractivity contribution in [3.63, 3.8) is 0 Å². The quantitative estimate of drug-likeness (QED) is 0.313. The standard InChI is InChI=1S/C7H14N4O3S/c8-1-6(13)11-4(3-15)7(14)10-2-5(9)12/h4,15H,1-3,8H2,(H2,9,12)(H,10,14)(H,11,13)/t4-/m0/s1. The lowest BCUT2D eigenvalue weighted by Crippen LogP contribution is -2.50. The van der Waals surface area contributed by atoms with Crippen LogP contribution in [0.3, 0.4) is 0 Å². The van der Waals surface area contributed by atoms with E-state index in [4.69, 9.17) is 11.5 Å². The van der Waals surface area contributed by atoms with Crippen LogP contribution in [0.15, 0.2) is 0 Å². The van der Waals surface area contributed by atoms with Crippen LogP contribution in [0.1, 0.15) is 0 Å². The SMILES string of the molecule is NCC(=O)N[C@@H](CS)C(=O)NCC(N)=O. The van der Waals surface area contributed by atoms with Crippen molar-refractivity contribution in [3.05, 3.63) is 0 Å². The number of hydrogen-bond donors (Lipinski definition) is 5. The molecule has 86 valence electrons. The Bertz CT molecular complexity index is 259. The third-order valence-electron chi connectivity index (χ3n) is 1.46. The lowest BCUT2D eigenvalue weighted by Gasteiger charge is -2.15. The molecule has 0 aliphatic rings. The lowest BCUT2D eigenvalue weighted by molar-refractivity contribution is -0.128. The van der Waals surface area contributed by atoms with Crippen molar-refractivity contribution in [1.82, 2.24) is 10.6 Å². The molecule has 8 heteroatoms. The molecular formula is C7H14N4O3S. The first kappa shape index (κ1) is 13.7. The number of carbonyl (C=O) groups excluding carboxylic acids is 3. The molecule has 0 aromatic carbocycles. The predicted molar refractivity (Wildman–Crippen MR) is 57.0 cm³/mol. The number of amides is 3. The van der Waals surface area contributed by atoms with Crippen molar-refractivity contribution in [3.8, 4) is 0 Å². The Kier molecular flexibility index (Phi) is 6.47. The first-order valence-corrected chi connectivity index (χ1v) is 4.80. The first-order valence-electron chi connectivity index (χ1n) is 4.17. The molecule has 0 aromatic rings. The van der Waals surface area contributed by atoms with Gasteiger partial charge >= 0.3 is 0 Å². The van der Waals surface area contributed by atoms with Gasteiger partial charge in [-0.25, -0.2) is 0 Å². The molecule has 0 rings (SSSR count). The highest BCUT2D eigenvalue weighted by Gasteiger charge is 2.18. The van der Waals surface area contributed by atoms with Gasteiger partial charge in [-0.2, -0.15) is 12.6 Å². The minimum Gasteiger partial charge on any atom is -0.368 e. The molecule has 0 radical (unpaired) electrons. The monoisotopic (exact) mass is 234 g/mol. The van der Waals surface area contributed by atoms with Crippen LogP contribution in [0.5, 0.6) is 0 Å². The van der Waals surface area contributed by atoms with E-state index in [1.165, 1.54) is 0 Å². The second-order valence-electron chi connectivity index (χ2n) is 2.69. The molecule has 0 bridgehead atoms. The third kappa shape index (κ3) is 5.92. The Morgan fingerprint density at radius 2 is 1.93 bits per heavy atom. The second kappa shape index (κ2) is 7.07.